The Morgan fingerprint density at radius 3 is 2.61 bits per heavy atom. The molecule has 1 aromatic carbocycles. The number of nitrogens with zero attached hydrogens (tertiary/aromatic N) is 2. The van der Waals surface area contributed by atoms with Gasteiger partial charge in [-0.05, 0) is 12.1 Å². The lowest BCUT2D eigenvalue weighted by Gasteiger charge is -2.36. The molecule has 2 rings (SSSR count). The van der Waals surface area contributed by atoms with Gasteiger partial charge in [-0.15, -0.1) is 11.6 Å². The fraction of sp³-hybridized carbons (Fsp3) is 0.538. The van der Waals surface area contributed by atoms with Crippen LogP contribution in [0, 0.1) is 5.82 Å². The van der Waals surface area contributed by atoms with E-state index in [1.165, 1.54) is 12.1 Å². The number of hydrogen-bond donors (Lipinski definition) is 0. The maximum atomic E-state index is 13.1. The van der Waals surface area contributed by atoms with E-state index < -0.39 is 0 Å². The third-order valence-electron chi connectivity index (χ3n) is 3.26. The molecule has 1 fully saturated rings. The van der Waals surface area contributed by atoms with Crippen molar-refractivity contribution in [1.82, 2.24) is 4.90 Å². The van der Waals surface area contributed by atoms with Gasteiger partial charge < -0.3 is 9.64 Å². The van der Waals surface area contributed by atoms with E-state index in [9.17, 15) is 4.39 Å². The standard InChI is InChI=1S/C13H18ClFN2O/c1-18-13-10-11(15)2-3-12(13)17-8-6-16(5-4-14)7-9-17/h2-3,10H,4-9H2,1H3. The first-order chi connectivity index (χ1) is 8.74. The Hall–Kier alpha value is -1.00. The first kappa shape index (κ1) is 13.4. The van der Waals surface area contributed by atoms with Gasteiger partial charge in [-0.2, -0.15) is 0 Å². The molecule has 1 aliphatic heterocycles. The van der Waals surface area contributed by atoms with Gasteiger partial charge in [-0.1, -0.05) is 0 Å². The lowest BCUT2D eigenvalue weighted by atomic mass is 10.2. The first-order valence-corrected chi connectivity index (χ1v) is 6.65. The highest BCUT2D eigenvalue weighted by Gasteiger charge is 2.19. The minimum Gasteiger partial charge on any atom is -0.494 e. The monoisotopic (exact) mass is 272 g/mol. The molecule has 0 radical (unpaired) electrons. The molecule has 0 spiro atoms. The molecule has 1 aliphatic rings. The highest BCUT2D eigenvalue weighted by molar-refractivity contribution is 6.18. The van der Waals surface area contributed by atoms with Crippen molar-refractivity contribution >= 4 is 17.3 Å². The molecule has 0 aliphatic carbocycles. The number of alkyl halides is 1. The molecule has 0 atom stereocenters. The fourth-order valence-corrected chi connectivity index (χ4v) is 2.48. The van der Waals surface area contributed by atoms with Gasteiger partial charge >= 0.3 is 0 Å². The van der Waals surface area contributed by atoms with Crippen molar-refractivity contribution in [3.05, 3.63) is 24.0 Å². The van der Waals surface area contributed by atoms with E-state index in [1.807, 2.05) is 0 Å². The van der Waals surface area contributed by atoms with Crippen LogP contribution in [0.15, 0.2) is 18.2 Å². The molecule has 18 heavy (non-hydrogen) atoms. The smallest absolute Gasteiger partial charge is 0.145 e. The number of ether oxygens (including phenoxy) is 1. The van der Waals surface area contributed by atoms with Gasteiger partial charge in [0.05, 0.1) is 12.8 Å². The predicted molar refractivity (Wildman–Crippen MR) is 72.3 cm³/mol. The summed E-state index contributed by atoms with van der Waals surface area (Å²) in [7, 11) is 1.57. The first-order valence-electron chi connectivity index (χ1n) is 6.11. The average molecular weight is 273 g/mol. The highest BCUT2D eigenvalue weighted by atomic mass is 35.5. The Labute approximate surface area is 112 Å². The Morgan fingerprint density at radius 1 is 1.28 bits per heavy atom. The van der Waals surface area contributed by atoms with Gasteiger partial charge in [0.25, 0.3) is 0 Å². The summed E-state index contributed by atoms with van der Waals surface area (Å²) >= 11 is 5.74. The molecule has 1 saturated heterocycles. The van der Waals surface area contributed by atoms with Gasteiger partial charge in [0.15, 0.2) is 0 Å². The second kappa shape index (κ2) is 6.25. The van der Waals surface area contributed by atoms with Gasteiger partial charge in [0.2, 0.25) is 0 Å². The lowest BCUT2D eigenvalue weighted by Crippen LogP contribution is -2.47. The van der Waals surface area contributed by atoms with Gasteiger partial charge in [0, 0.05) is 44.7 Å². The van der Waals surface area contributed by atoms with Crippen molar-refractivity contribution in [2.75, 3.05) is 50.6 Å². The molecule has 1 aromatic rings. The summed E-state index contributed by atoms with van der Waals surface area (Å²) in [4.78, 5) is 4.56. The fourth-order valence-electron chi connectivity index (χ4n) is 2.24. The summed E-state index contributed by atoms with van der Waals surface area (Å²) in [5, 5.41) is 0. The summed E-state index contributed by atoms with van der Waals surface area (Å²) in [6.45, 7) is 4.72. The van der Waals surface area contributed by atoms with Crippen molar-refractivity contribution in [2.45, 2.75) is 0 Å². The number of piperazine rings is 1. The number of rotatable bonds is 4. The maximum absolute atomic E-state index is 13.1. The molecule has 0 bridgehead atoms. The quantitative estimate of drug-likeness (QED) is 0.782. The normalized spacial score (nSPS) is 16.9. The minimum atomic E-state index is -0.267. The van der Waals surface area contributed by atoms with Crippen molar-refractivity contribution in [2.24, 2.45) is 0 Å². The molecule has 100 valence electrons. The summed E-state index contributed by atoms with van der Waals surface area (Å²) < 4.78 is 18.4. The Bertz CT molecular complexity index is 395. The van der Waals surface area contributed by atoms with E-state index in [0.29, 0.717) is 11.6 Å². The summed E-state index contributed by atoms with van der Waals surface area (Å²) in [5.74, 6) is 0.997. The molecule has 5 heteroatoms. The van der Waals surface area contributed by atoms with E-state index in [1.54, 1.807) is 13.2 Å². The molecule has 0 N–H and O–H groups in total. The second-order valence-electron chi connectivity index (χ2n) is 4.33. The average Bonchev–Trinajstić information content (AvgIpc) is 2.40. The number of anilines is 1. The molecule has 0 aromatic heterocycles. The van der Waals surface area contributed by atoms with Crippen LogP contribution in [0.4, 0.5) is 10.1 Å². The molecular weight excluding hydrogens is 255 g/mol. The zero-order chi connectivity index (χ0) is 13.0. The van der Waals surface area contributed by atoms with Gasteiger partial charge in [-0.25, -0.2) is 4.39 Å². The van der Waals surface area contributed by atoms with Crippen LogP contribution in [0.5, 0.6) is 5.75 Å². The van der Waals surface area contributed by atoms with Crippen LogP contribution in [0.25, 0.3) is 0 Å². The third kappa shape index (κ3) is 3.06. The van der Waals surface area contributed by atoms with E-state index in [-0.39, 0.29) is 5.82 Å². The number of methoxy groups -OCH3 is 1. The van der Waals surface area contributed by atoms with E-state index in [0.717, 1.165) is 38.4 Å². The van der Waals surface area contributed by atoms with Crippen molar-refractivity contribution in [3.8, 4) is 5.75 Å². The second-order valence-corrected chi connectivity index (χ2v) is 4.71. The molecular formula is C13H18ClFN2O. The largest absolute Gasteiger partial charge is 0.494 e. The van der Waals surface area contributed by atoms with Crippen molar-refractivity contribution < 1.29 is 9.13 Å². The van der Waals surface area contributed by atoms with Crippen LogP contribution < -0.4 is 9.64 Å². The van der Waals surface area contributed by atoms with Crippen LogP contribution in [0.2, 0.25) is 0 Å². The number of halogens is 2. The van der Waals surface area contributed by atoms with Gasteiger partial charge in [0.1, 0.15) is 11.6 Å². The highest BCUT2D eigenvalue weighted by Crippen LogP contribution is 2.29. The summed E-state index contributed by atoms with van der Waals surface area (Å²) in [6.07, 6.45) is 0. The zero-order valence-electron chi connectivity index (χ0n) is 10.5. The van der Waals surface area contributed by atoms with Crippen LogP contribution >= 0.6 is 11.6 Å². The van der Waals surface area contributed by atoms with E-state index >= 15 is 0 Å². The zero-order valence-corrected chi connectivity index (χ0v) is 11.3. The number of benzene rings is 1. The number of hydrogen-bond acceptors (Lipinski definition) is 3. The topological polar surface area (TPSA) is 15.7 Å². The van der Waals surface area contributed by atoms with Crippen molar-refractivity contribution in [3.63, 3.8) is 0 Å². The Kier molecular flexibility index (Phi) is 4.66. The maximum Gasteiger partial charge on any atom is 0.145 e. The third-order valence-corrected chi connectivity index (χ3v) is 3.42. The molecule has 1 heterocycles. The Morgan fingerprint density at radius 2 is 2.00 bits per heavy atom. The van der Waals surface area contributed by atoms with Crippen LogP contribution in [0.1, 0.15) is 0 Å². The summed E-state index contributed by atoms with van der Waals surface area (Å²) in [5.41, 5.74) is 0.962. The lowest BCUT2D eigenvalue weighted by molar-refractivity contribution is 0.271. The molecule has 0 amide bonds. The van der Waals surface area contributed by atoms with Crippen molar-refractivity contribution in [1.29, 1.82) is 0 Å². The Balaban J connectivity index is 2.05. The molecule has 3 nitrogen and oxygen atoms in total. The van der Waals surface area contributed by atoms with E-state index in [4.69, 9.17) is 16.3 Å². The SMILES string of the molecule is COc1cc(F)ccc1N1CCN(CCCl)CC1. The minimum absolute atomic E-state index is 0.267. The van der Waals surface area contributed by atoms with Gasteiger partial charge in [-0.3, -0.25) is 4.90 Å². The predicted octanol–water partition coefficient (Wildman–Crippen LogP) is 2.20. The van der Waals surface area contributed by atoms with E-state index in [2.05, 4.69) is 9.80 Å². The molecule has 0 unspecified atom stereocenters. The van der Waals surface area contributed by atoms with Crippen LogP contribution in [0.3, 0.4) is 0 Å². The van der Waals surface area contributed by atoms with Crippen LogP contribution in [-0.4, -0.2) is 50.6 Å². The molecule has 0 saturated carbocycles. The summed E-state index contributed by atoms with van der Waals surface area (Å²) in [6, 6.07) is 4.69. The van der Waals surface area contributed by atoms with Crippen LogP contribution in [-0.2, 0) is 0 Å².